The summed E-state index contributed by atoms with van der Waals surface area (Å²) in [7, 11) is 0. The Morgan fingerprint density at radius 1 is 1.37 bits per heavy atom. The molecule has 0 fully saturated rings. The van der Waals surface area contributed by atoms with Crippen LogP contribution in [0.3, 0.4) is 0 Å². The lowest BCUT2D eigenvalue weighted by Gasteiger charge is -2.10. The second-order valence-electron chi connectivity index (χ2n) is 3.71. The van der Waals surface area contributed by atoms with Crippen LogP contribution in [-0.2, 0) is 6.18 Å². The van der Waals surface area contributed by atoms with E-state index in [2.05, 4.69) is 10.3 Å². The zero-order valence-corrected chi connectivity index (χ0v) is 10.3. The van der Waals surface area contributed by atoms with E-state index >= 15 is 0 Å². The summed E-state index contributed by atoms with van der Waals surface area (Å²) < 4.78 is 38.7. The van der Waals surface area contributed by atoms with Gasteiger partial charge in [0.05, 0.1) is 22.0 Å². The highest BCUT2D eigenvalue weighted by Crippen LogP contribution is 2.33. The van der Waals surface area contributed by atoms with E-state index in [4.69, 9.17) is 16.9 Å². The number of alkyl halides is 3. The summed E-state index contributed by atoms with van der Waals surface area (Å²) in [5.74, 6) is 0. The van der Waals surface area contributed by atoms with Gasteiger partial charge in [-0.1, -0.05) is 16.8 Å². The molecule has 0 aliphatic heterocycles. The molecule has 0 spiro atoms. The summed E-state index contributed by atoms with van der Waals surface area (Å²) in [4.78, 5) is 0. The molecule has 0 aliphatic rings. The topological polar surface area (TPSA) is 54.5 Å². The van der Waals surface area contributed by atoms with Gasteiger partial charge in [0.2, 0.25) is 0 Å². The molecule has 98 valence electrons. The molecule has 19 heavy (non-hydrogen) atoms. The van der Waals surface area contributed by atoms with Gasteiger partial charge >= 0.3 is 6.18 Å². The summed E-state index contributed by atoms with van der Waals surface area (Å²) >= 11 is 5.82. The molecule has 8 heteroatoms. The van der Waals surface area contributed by atoms with Gasteiger partial charge in [-0.2, -0.15) is 18.4 Å². The zero-order chi connectivity index (χ0) is 14.2. The highest BCUT2D eigenvalue weighted by molar-refractivity contribution is 6.32. The van der Waals surface area contributed by atoms with E-state index in [-0.39, 0.29) is 16.4 Å². The van der Waals surface area contributed by atoms with Crippen molar-refractivity contribution in [1.82, 2.24) is 15.0 Å². The molecule has 0 radical (unpaired) electrons. The average Bonchev–Trinajstić information content (AvgIpc) is 2.69. The lowest BCUT2D eigenvalue weighted by atomic mass is 10.2. The van der Waals surface area contributed by atoms with Gasteiger partial charge in [0.25, 0.3) is 0 Å². The largest absolute Gasteiger partial charge is 0.416 e. The molecule has 0 N–H and O–H groups in total. The number of hydrogen-bond acceptors (Lipinski definition) is 3. The first-order chi connectivity index (χ1) is 8.84. The minimum absolute atomic E-state index is 0.0935. The Labute approximate surface area is 111 Å². The molecule has 0 bridgehead atoms. The van der Waals surface area contributed by atoms with Crippen molar-refractivity contribution in [3.05, 3.63) is 40.2 Å². The molecule has 0 saturated carbocycles. The van der Waals surface area contributed by atoms with E-state index in [1.807, 2.05) is 6.07 Å². The quantitative estimate of drug-likeness (QED) is 0.809. The van der Waals surface area contributed by atoms with E-state index in [0.717, 1.165) is 12.1 Å². The summed E-state index contributed by atoms with van der Waals surface area (Å²) in [6.07, 6.45) is -4.46. The van der Waals surface area contributed by atoms with Crippen LogP contribution in [0.25, 0.3) is 5.69 Å². The lowest BCUT2D eigenvalue weighted by molar-refractivity contribution is -0.137. The van der Waals surface area contributed by atoms with Crippen molar-refractivity contribution in [2.75, 3.05) is 0 Å². The van der Waals surface area contributed by atoms with Gasteiger partial charge < -0.3 is 0 Å². The second kappa shape index (κ2) is 4.55. The maximum Gasteiger partial charge on any atom is 0.416 e. The van der Waals surface area contributed by atoms with Crippen molar-refractivity contribution in [3.8, 4) is 11.8 Å². The van der Waals surface area contributed by atoms with Crippen molar-refractivity contribution >= 4 is 11.6 Å². The minimum atomic E-state index is -4.46. The fraction of sp³-hybridized carbons (Fsp3) is 0.182. The molecule has 0 unspecified atom stereocenters. The molecule has 0 aliphatic carbocycles. The van der Waals surface area contributed by atoms with Crippen LogP contribution in [0.15, 0.2) is 18.2 Å². The Morgan fingerprint density at radius 3 is 2.53 bits per heavy atom. The van der Waals surface area contributed by atoms with E-state index in [0.29, 0.717) is 5.69 Å². The van der Waals surface area contributed by atoms with Gasteiger partial charge in [-0.05, 0) is 25.1 Å². The Bertz CT molecular complexity index is 670. The Hall–Kier alpha value is -2.07. The third kappa shape index (κ3) is 2.39. The second-order valence-corrected chi connectivity index (χ2v) is 4.12. The molecular formula is C11H6ClF3N4. The number of aromatic nitrogens is 3. The number of rotatable bonds is 1. The first kappa shape index (κ1) is 13.4. The van der Waals surface area contributed by atoms with Crippen molar-refractivity contribution < 1.29 is 13.2 Å². The monoisotopic (exact) mass is 286 g/mol. The van der Waals surface area contributed by atoms with E-state index in [9.17, 15) is 13.2 Å². The first-order valence-electron chi connectivity index (χ1n) is 5.04. The normalized spacial score (nSPS) is 11.4. The Balaban J connectivity index is 2.53. The number of halogens is 4. The van der Waals surface area contributed by atoms with Gasteiger partial charge in [-0.15, -0.1) is 5.10 Å². The van der Waals surface area contributed by atoms with Crippen LogP contribution < -0.4 is 0 Å². The number of nitrogens with zero attached hydrogens (tertiary/aromatic N) is 4. The summed E-state index contributed by atoms with van der Waals surface area (Å²) in [6.45, 7) is 1.58. The van der Waals surface area contributed by atoms with Crippen LogP contribution in [0.1, 0.15) is 17.0 Å². The van der Waals surface area contributed by atoms with E-state index in [1.165, 1.54) is 10.7 Å². The highest BCUT2D eigenvalue weighted by Gasteiger charge is 2.31. The van der Waals surface area contributed by atoms with Crippen molar-refractivity contribution in [1.29, 1.82) is 5.26 Å². The maximum atomic E-state index is 12.5. The molecule has 4 nitrogen and oxygen atoms in total. The predicted octanol–water partition coefficient (Wildman–Crippen LogP) is 3.12. The van der Waals surface area contributed by atoms with Gasteiger partial charge in [-0.3, -0.25) is 0 Å². The van der Waals surface area contributed by atoms with Crippen molar-refractivity contribution in [3.63, 3.8) is 0 Å². The molecule has 0 atom stereocenters. The minimum Gasteiger partial charge on any atom is -0.215 e. The summed E-state index contributed by atoms with van der Waals surface area (Å²) in [5, 5.41) is 15.9. The molecule has 0 saturated heterocycles. The van der Waals surface area contributed by atoms with Gasteiger partial charge in [-0.25, -0.2) is 4.68 Å². The maximum absolute atomic E-state index is 12.5. The first-order valence-corrected chi connectivity index (χ1v) is 5.42. The molecule has 1 aromatic carbocycles. The van der Waals surface area contributed by atoms with Crippen LogP contribution in [0.5, 0.6) is 0 Å². The smallest absolute Gasteiger partial charge is 0.215 e. The number of nitriles is 1. The van der Waals surface area contributed by atoms with E-state index < -0.39 is 11.7 Å². The zero-order valence-electron chi connectivity index (χ0n) is 9.53. The summed E-state index contributed by atoms with van der Waals surface area (Å²) in [6, 6.07) is 4.72. The fourth-order valence-electron chi connectivity index (χ4n) is 1.52. The van der Waals surface area contributed by atoms with Gasteiger partial charge in [0, 0.05) is 0 Å². The molecular weight excluding hydrogens is 281 g/mol. The third-order valence-electron chi connectivity index (χ3n) is 2.50. The van der Waals surface area contributed by atoms with E-state index in [1.54, 1.807) is 6.92 Å². The molecule has 2 aromatic rings. The van der Waals surface area contributed by atoms with Gasteiger partial charge in [0.15, 0.2) is 5.69 Å². The summed E-state index contributed by atoms with van der Waals surface area (Å²) in [5.41, 5.74) is -0.110. The van der Waals surface area contributed by atoms with Gasteiger partial charge in [0.1, 0.15) is 6.07 Å². The Morgan fingerprint density at radius 2 is 2.05 bits per heavy atom. The lowest BCUT2D eigenvalue weighted by Crippen LogP contribution is -2.07. The molecule has 1 heterocycles. The fourth-order valence-corrected chi connectivity index (χ4v) is 1.78. The SMILES string of the molecule is Cc1c(C#N)nnn1-c1ccc(C(F)(F)F)cc1Cl. The molecule has 1 aromatic heterocycles. The number of hydrogen-bond donors (Lipinski definition) is 0. The standard InChI is InChI=1S/C11H6ClF3N4/c1-6-9(5-16)17-18-19(6)10-3-2-7(4-8(10)12)11(13,14)15/h2-4H,1H3. The Kier molecular flexibility index (Phi) is 3.20. The third-order valence-corrected chi connectivity index (χ3v) is 2.81. The predicted molar refractivity (Wildman–Crippen MR) is 60.8 cm³/mol. The highest BCUT2D eigenvalue weighted by atomic mass is 35.5. The number of benzene rings is 1. The molecule has 0 amide bonds. The van der Waals surface area contributed by atoms with Crippen molar-refractivity contribution in [2.24, 2.45) is 0 Å². The van der Waals surface area contributed by atoms with Crippen molar-refractivity contribution in [2.45, 2.75) is 13.1 Å². The van der Waals surface area contributed by atoms with Crippen LogP contribution in [0, 0.1) is 18.3 Å². The van der Waals surface area contributed by atoms with Crippen LogP contribution in [-0.4, -0.2) is 15.0 Å². The average molecular weight is 287 g/mol. The van der Waals surface area contributed by atoms with Crippen LogP contribution >= 0.6 is 11.6 Å². The van der Waals surface area contributed by atoms with Crippen LogP contribution in [0.2, 0.25) is 5.02 Å². The molecule has 2 rings (SSSR count). The van der Waals surface area contributed by atoms with Crippen LogP contribution in [0.4, 0.5) is 13.2 Å².